The first-order valence-electron chi connectivity index (χ1n) is 4.24. The Morgan fingerprint density at radius 1 is 1.21 bits per heavy atom. The van der Waals surface area contributed by atoms with Crippen molar-refractivity contribution < 1.29 is 19.1 Å². The summed E-state index contributed by atoms with van der Waals surface area (Å²) in [6.07, 6.45) is -0.222. The van der Waals surface area contributed by atoms with Gasteiger partial charge in [0, 0.05) is 0 Å². The second-order valence-corrected chi connectivity index (χ2v) is 4.70. The summed E-state index contributed by atoms with van der Waals surface area (Å²) in [7, 11) is -3.91. The van der Waals surface area contributed by atoms with E-state index in [1.165, 1.54) is 0 Å². The molecule has 0 spiro atoms. The zero-order valence-electron chi connectivity index (χ0n) is 7.67. The monoisotopic (exact) mass is 216 g/mol. The molecule has 4 nitrogen and oxygen atoms in total. The van der Waals surface area contributed by atoms with Gasteiger partial charge in [0.25, 0.3) is 0 Å². The molecule has 0 fully saturated rings. The average molecular weight is 216 g/mol. The van der Waals surface area contributed by atoms with Gasteiger partial charge in [0.05, 0.1) is 19.4 Å². The Labute approximate surface area is 82.7 Å². The van der Waals surface area contributed by atoms with Gasteiger partial charge in [-0.15, -0.1) is 0 Å². The van der Waals surface area contributed by atoms with Crippen molar-refractivity contribution in [3.63, 3.8) is 0 Å². The highest BCUT2D eigenvalue weighted by Gasteiger charge is 2.11. The van der Waals surface area contributed by atoms with E-state index < -0.39 is 7.60 Å². The van der Waals surface area contributed by atoms with Crippen LogP contribution in [-0.4, -0.2) is 22.6 Å². The van der Waals surface area contributed by atoms with E-state index in [1.54, 1.807) is 0 Å². The molecule has 0 amide bonds. The first-order valence-corrected chi connectivity index (χ1v) is 6.04. The van der Waals surface area contributed by atoms with Crippen molar-refractivity contribution in [1.29, 1.82) is 0 Å². The van der Waals surface area contributed by atoms with Crippen LogP contribution < -0.4 is 0 Å². The van der Waals surface area contributed by atoms with E-state index in [9.17, 15) is 4.57 Å². The molecule has 14 heavy (non-hydrogen) atoms. The maximum Gasteiger partial charge on any atom is 0.327 e. The molecule has 0 atom stereocenters. The number of hydrogen-bond acceptors (Lipinski definition) is 2. The maximum atomic E-state index is 10.5. The Kier molecular flexibility index (Phi) is 4.29. The van der Waals surface area contributed by atoms with Crippen LogP contribution in [0.3, 0.4) is 0 Å². The molecule has 0 saturated carbocycles. The molecule has 0 unspecified atom stereocenters. The molecule has 1 rings (SSSR count). The zero-order valence-corrected chi connectivity index (χ0v) is 8.56. The van der Waals surface area contributed by atoms with E-state index in [0.717, 1.165) is 5.56 Å². The second kappa shape index (κ2) is 5.27. The van der Waals surface area contributed by atoms with Gasteiger partial charge >= 0.3 is 7.60 Å². The summed E-state index contributed by atoms with van der Waals surface area (Å²) in [6.45, 7) is 0.472. The SMILES string of the molecule is O=P(O)(O)CCOCc1ccccc1. The number of benzene rings is 1. The summed E-state index contributed by atoms with van der Waals surface area (Å²) in [5, 5.41) is 0. The smallest absolute Gasteiger partial charge is 0.327 e. The van der Waals surface area contributed by atoms with Crippen LogP contribution in [0.4, 0.5) is 0 Å². The highest BCUT2D eigenvalue weighted by molar-refractivity contribution is 7.51. The molecule has 0 aliphatic heterocycles. The molecule has 0 radical (unpaired) electrons. The minimum atomic E-state index is -3.91. The molecule has 0 bridgehead atoms. The molecule has 5 heteroatoms. The lowest BCUT2D eigenvalue weighted by Crippen LogP contribution is -2.00. The van der Waals surface area contributed by atoms with Crippen LogP contribution in [0, 0.1) is 0 Å². The Morgan fingerprint density at radius 3 is 2.43 bits per heavy atom. The van der Waals surface area contributed by atoms with Crippen molar-refractivity contribution in [1.82, 2.24) is 0 Å². The van der Waals surface area contributed by atoms with Crippen LogP contribution >= 0.6 is 7.60 Å². The third kappa shape index (κ3) is 5.14. The second-order valence-electron chi connectivity index (χ2n) is 2.93. The van der Waals surface area contributed by atoms with E-state index >= 15 is 0 Å². The lowest BCUT2D eigenvalue weighted by Gasteiger charge is -2.05. The average Bonchev–Trinajstić information content (AvgIpc) is 2.13. The fraction of sp³-hybridized carbons (Fsp3) is 0.333. The molecule has 0 aromatic heterocycles. The maximum absolute atomic E-state index is 10.5. The van der Waals surface area contributed by atoms with Gasteiger partial charge in [-0.3, -0.25) is 4.57 Å². The Morgan fingerprint density at radius 2 is 1.86 bits per heavy atom. The lowest BCUT2D eigenvalue weighted by atomic mass is 10.2. The largest absolute Gasteiger partial charge is 0.376 e. The van der Waals surface area contributed by atoms with Crippen molar-refractivity contribution in [2.45, 2.75) is 6.61 Å². The first-order chi connectivity index (χ1) is 6.58. The Balaban J connectivity index is 2.20. The van der Waals surface area contributed by atoms with Crippen LogP contribution in [0.25, 0.3) is 0 Å². The van der Waals surface area contributed by atoms with Crippen LogP contribution in [0.15, 0.2) is 30.3 Å². The number of rotatable bonds is 5. The standard InChI is InChI=1S/C9H13O4P/c10-14(11,12)7-6-13-8-9-4-2-1-3-5-9/h1-5H,6-8H2,(H2,10,11,12). The van der Waals surface area contributed by atoms with Gasteiger partial charge in [-0.05, 0) is 5.56 Å². The molecule has 1 aromatic rings. The third-order valence-electron chi connectivity index (χ3n) is 1.64. The van der Waals surface area contributed by atoms with Gasteiger partial charge in [0.2, 0.25) is 0 Å². The predicted molar refractivity (Wildman–Crippen MR) is 53.0 cm³/mol. The van der Waals surface area contributed by atoms with Crippen molar-refractivity contribution in [3.05, 3.63) is 35.9 Å². The van der Waals surface area contributed by atoms with Crippen LogP contribution in [0.2, 0.25) is 0 Å². The normalized spacial score (nSPS) is 11.6. The molecule has 1 aromatic carbocycles. The van der Waals surface area contributed by atoms with E-state index in [1.807, 2.05) is 30.3 Å². The zero-order chi connectivity index (χ0) is 10.4. The summed E-state index contributed by atoms with van der Waals surface area (Å²) < 4.78 is 15.6. The van der Waals surface area contributed by atoms with Gasteiger partial charge in [-0.25, -0.2) is 0 Å². The minimum absolute atomic E-state index is 0.0825. The summed E-state index contributed by atoms with van der Waals surface area (Å²) in [4.78, 5) is 17.1. The lowest BCUT2D eigenvalue weighted by molar-refractivity contribution is 0.132. The topological polar surface area (TPSA) is 66.8 Å². The molecule has 0 saturated heterocycles. The highest BCUT2D eigenvalue weighted by Crippen LogP contribution is 2.33. The number of hydrogen-bond donors (Lipinski definition) is 2. The van der Waals surface area contributed by atoms with Crippen molar-refractivity contribution in [3.8, 4) is 0 Å². The fourth-order valence-electron chi connectivity index (χ4n) is 0.948. The van der Waals surface area contributed by atoms with Gasteiger partial charge in [0.1, 0.15) is 0 Å². The fourth-order valence-corrected chi connectivity index (χ4v) is 1.31. The summed E-state index contributed by atoms with van der Waals surface area (Å²) in [5.41, 5.74) is 0.998. The van der Waals surface area contributed by atoms with Crippen molar-refractivity contribution in [2.75, 3.05) is 12.8 Å². The Bertz CT molecular complexity index is 306. The predicted octanol–water partition coefficient (Wildman–Crippen LogP) is 1.38. The molecule has 0 aliphatic carbocycles. The molecule has 0 heterocycles. The number of ether oxygens (including phenoxy) is 1. The Hall–Kier alpha value is -0.670. The van der Waals surface area contributed by atoms with E-state index in [-0.39, 0.29) is 12.8 Å². The van der Waals surface area contributed by atoms with Gasteiger partial charge < -0.3 is 14.5 Å². The van der Waals surface area contributed by atoms with Gasteiger partial charge in [0.15, 0.2) is 0 Å². The summed E-state index contributed by atoms with van der Waals surface area (Å²) in [5.74, 6) is 0. The van der Waals surface area contributed by atoms with Gasteiger partial charge in [-0.2, -0.15) is 0 Å². The summed E-state index contributed by atoms with van der Waals surface area (Å²) in [6, 6.07) is 9.48. The van der Waals surface area contributed by atoms with Gasteiger partial charge in [-0.1, -0.05) is 30.3 Å². The van der Waals surface area contributed by atoms with E-state index in [2.05, 4.69) is 0 Å². The van der Waals surface area contributed by atoms with E-state index in [0.29, 0.717) is 6.61 Å². The van der Waals surface area contributed by atoms with Crippen LogP contribution in [0.1, 0.15) is 5.56 Å². The van der Waals surface area contributed by atoms with E-state index in [4.69, 9.17) is 14.5 Å². The van der Waals surface area contributed by atoms with Crippen molar-refractivity contribution in [2.24, 2.45) is 0 Å². The third-order valence-corrected chi connectivity index (χ3v) is 2.40. The first kappa shape index (κ1) is 11.4. The van der Waals surface area contributed by atoms with Crippen molar-refractivity contribution >= 4 is 7.60 Å². The highest BCUT2D eigenvalue weighted by atomic mass is 31.2. The minimum Gasteiger partial charge on any atom is -0.376 e. The molecular formula is C9H13O4P. The molecule has 78 valence electrons. The van der Waals surface area contributed by atoms with Crippen LogP contribution in [0.5, 0.6) is 0 Å². The quantitative estimate of drug-likeness (QED) is 0.576. The molecule has 2 N–H and O–H groups in total. The van der Waals surface area contributed by atoms with Crippen LogP contribution in [-0.2, 0) is 15.9 Å². The summed E-state index contributed by atoms with van der Waals surface area (Å²) >= 11 is 0. The molecular weight excluding hydrogens is 203 g/mol. The molecule has 0 aliphatic rings.